The average molecular weight is 375 g/mol. The van der Waals surface area contributed by atoms with Gasteiger partial charge in [-0.25, -0.2) is 9.97 Å². The van der Waals surface area contributed by atoms with Crippen LogP contribution in [0, 0.1) is 5.92 Å². The molecule has 6 heteroatoms. The van der Waals surface area contributed by atoms with Gasteiger partial charge in [0.2, 0.25) is 5.91 Å². The Kier molecular flexibility index (Phi) is 6.46. The molecule has 1 amide bonds. The zero-order valence-electron chi connectivity index (χ0n) is 15.5. The molecule has 0 radical (unpaired) electrons. The van der Waals surface area contributed by atoms with Gasteiger partial charge in [0.1, 0.15) is 18.1 Å². The van der Waals surface area contributed by atoms with Crippen molar-refractivity contribution >= 4 is 17.7 Å². The highest BCUT2D eigenvalue weighted by molar-refractivity contribution is 6.05. The maximum absolute atomic E-state index is 12.9. The molecule has 142 valence electrons. The average Bonchev–Trinajstić information content (AvgIpc) is 2.74. The van der Waals surface area contributed by atoms with Crippen LogP contribution in [0.25, 0.3) is 11.1 Å². The van der Waals surface area contributed by atoms with Crippen molar-refractivity contribution in [2.24, 2.45) is 5.92 Å². The lowest BCUT2D eigenvalue weighted by molar-refractivity contribution is -0.150. The van der Waals surface area contributed by atoms with Crippen LogP contribution in [-0.2, 0) is 20.7 Å². The van der Waals surface area contributed by atoms with Crippen molar-refractivity contribution in [3.63, 3.8) is 0 Å². The molecule has 0 aliphatic carbocycles. The maximum atomic E-state index is 12.9. The lowest BCUT2D eigenvalue weighted by atomic mass is 9.98. The van der Waals surface area contributed by atoms with Crippen LogP contribution in [0.1, 0.15) is 12.5 Å². The summed E-state index contributed by atoms with van der Waals surface area (Å²) in [6, 6.07) is 18.9. The van der Waals surface area contributed by atoms with Gasteiger partial charge in [0.25, 0.3) is 0 Å². The standard InChI is InChI=1S/C22H21N3O3/c1-2-28-22(27)18(13-16-9-5-3-6-10-16)21(26)25-20-19(14-23-15-24-20)17-11-7-4-8-12-17/h3-12,14-15,18H,2,13H2,1H3,(H,23,24,25,26). The molecule has 6 nitrogen and oxygen atoms in total. The van der Waals surface area contributed by atoms with E-state index < -0.39 is 17.8 Å². The quantitative estimate of drug-likeness (QED) is 0.505. The van der Waals surface area contributed by atoms with Crippen LogP contribution in [0.4, 0.5) is 5.82 Å². The molecule has 3 rings (SSSR count). The minimum Gasteiger partial charge on any atom is -0.465 e. The zero-order valence-corrected chi connectivity index (χ0v) is 15.5. The minimum absolute atomic E-state index is 0.209. The first-order valence-corrected chi connectivity index (χ1v) is 9.06. The first kappa shape index (κ1) is 19.2. The first-order chi connectivity index (χ1) is 13.7. The Morgan fingerprint density at radius 1 is 1.04 bits per heavy atom. The van der Waals surface area contributed by atoms with Crippen molar-refractivity contribution in [1.82, 2.24) is 9.97 Å². The molecule has 0 saturated heterocycles. The van der Waals surface area contributed by atoms with E-state index in [0.29, 0.717) is 11.4 Å². The minimum atomic E-state index is -0.971. The van der Waals surface area contributed by atoms with Crippen molar-refractivity contribution in [2.75, 3.05) is 11.9 Å². The lowest BCUT2D eigenvalue weighted by Crippen LogP contribution is -2.33. The van der Waals surface area contributed by atoms with Gasteiger partial charge in [0, 0.05) is 11.8 Å². The van der Waals surface area contributed by atoms with E-state index in [9.17, 15) is 9.59 Å². The summed E-state index contributed by atoms with van der Waals surface area (Å²) in [5, 5.41) is 2.78. The van der Waals surface area contributed by atoms with E-state index in [1.54, 1.807) is 13.1 Å². The van der Waals surface area contributed by atoms with E-state index >= 15 is 0 Å². The smallest absolute Gasteiger partial charge is 0.318 e. The van der Waals surface area contributed by atoms with E-state index in [0.717, 1.165) is 11.1 Å². The second-order valence-corrected chi connectivity index (χ2v) is 6.13. The number of esters is 1. The normalized spacial score (nSPS) is 11.5. The predicted molar refractivity (Wildman–Crippen MR) is 106 cm³/mol. The second-order valence-electron chi connectivity index (χ2n) is 6.13. The number of aromatic nitrogens is 2. The monoisotopic (exact) mass is 375 g/mol. The molecule has 0 fully saturated rings. The van der Waals surface area contributed by atoms with Gasteiger partial charge in [-0.1, -0.05) is 60.7 Å². The molecule has 2 aromatic carbocycles. The summed E-state index contributed by atoms with van der Waals surface area (Å²) in [5.41, 5.74) is 2.43. The third kappa shape index (κ3) is 4.79. The third-order valence-corrected chi connectivity index (χ3v) is 4.21. The molecule has 0 saturated carbocycles. The molecule has 0 spiro atoms. The number of amides is 1. The SMILES string of the molecule is CCOC(=O)C(Cc1ccccc1)C(=O)Nc1ncncc1-c1ccccc1. The Bertz CT molecular complexity index is 930. The molecule has 1 N–H and O–H groups in total. The summed E-state index contributed by atoms with van der Waals surface area (Å²) in [6.07, 6.45) is 3.24. The molecule has 1 heterocycles. The summed E-state index contributed by atoms with van der Waals surface area (Å²) in [7, 11) is 0. The van der Waals surface area contributed by atoms with Crippen LogP contribution in [0.2, 0.25) is 0 Å². The zero-order chi connectivity index (χ0) is 19.8. The van der Waals surface area contributed by atoms with E-state index in [1.807, 2.05) is 60.7 Å². The topological polar surface area (TPSA) is 81.2 Å². The number of anilines is 1. The molecule has 1 unspecified atom stereocenters. The number of hydrogen-bond acceptors (Lipinski definition) is 5. The van der Waals surface area contributed by atoms with Crippen molar-refractivity contribution in [2.45, 2.75) is 13.3 Å². The Morgan fingerprint density at radius 3 is 2.39 bits per heavy atom. The van der Waals surface area contributed by atoms with Gasteiger partial charge in [0.15, 0.2) is 0 Å². The molecule has 0 aliphatic rings. The highest BCUT2D eigenvalue weighted by Gasteiger charge is 2.29. The molecule has 0 bridgehead atoms. The predicted octanol–water partition coefficient (Wildman–Crippen LogP) is 3.50. The number of hydrogen-bond donors (Lipinski definition) is 1. The summed E-state index contributed by atoms with van der Waals surface area (Å²) in [5.74, 6) is -1.63. The van der Waals surface area contributed by atoms with Crippen LogP contribution in [0.3, 0.4) is 0 Å². The van der Waals surface area contributed by atoms with Crippen molar-refractivity contribution < 1.29 is 14.3 Å². The van der Waals surface area contributed by atoms with Gasteiger partial charge >= 0.3 is 5.97 Å². The van der Waals surface area contributed by atoms with Gasteiger partial charge in [-0.05, 0) is 24.5 Å². The molecular formula is C22H21N3O3. The fraction of sp³-hybridized carbons (Fsp3) is 0.182. The third-order valence-electron chi connectivity index (χ3n) is 4.21. The fourth-order valence-corrected chi connectivity index (χ4v) is 2.84. The van der Waals surface area contributed by atoms with Crippen molar-refractivity contribution in [3.05, 3.63) is 78.8 Å². The number of benzene rings is 2. The molecule has 1 aromatic heterocycles. The molecule has 1 atom stereocenters. The lowest BCUT2D eigenvalue weighted by Gasteiger charge is -2.16. The van der Waals surface area contributed by atoms with Gasteiger partial charge in [-0.15, -0.1) is 0 Å². The van der Waals surface area contributed by atoms with E-state index in [2.05, 4.69) is 15.3 Å². The first-order valence-electron chi connectivity index (χ1n) is 9.06. The van der Waals surface area contributed by atoms with E-state index in [4.69, 9.17) is 4.74 Å². The van der Waals surface area contributed by atoms with Crippen molar-refractivity contribution in [3.8, 4) is 11.1 Å². The second kappa shape index (κ2) is 9.41. The van der Waals surface area contributed by atoms with E-state index in [-0.39, 0.29) is 13.0 Å². The Hall–Kier alpha value is -3.54. The Labute approximate surface area is 163 Å². The number of nitrogens with one attached hydrogen (secondary N) is 1. The molecule has 0 aliphatic heterocycles. The number of ether oxygens (including phenoxy) is 1. The van der Waals surface area contributed by atoms with Crippen LogP contribution in [-0.4, -0.2) is 28.5 Å². The highest BCUT2D eigenvalue weighted by Crippen LogP contribution is 2.25. The van der Waals surface area contributed by atoms with Crippen LogP contribution >= 0.6 is 0 Å². The van der Waals surface area contributed by atoms with Crippen LogP contribution < -0.4 is 5.32 Å². The molecule has 28 heavy (non-hydrogen) atoms. The molecular weight excluding hydrogens is 354 g/mol. The maximum Gasteiger partial charge on any atom is 0.318 e. The van der Waals surface area contributed by atoms with E-state index in [1.165, 1.54) is 6.33 Å². The summed E-state index contributed by atoms with van der Waals surface area (Å²) < 4.78 is 5.12. The van der Waals surface area contributed by atoms with Gasteiger partial charge in [0.05, 0.1) is 6.61 Å². The Morgan fingerprint density at radius 2 is 1.71 bits per heavy atom. The van der Waals surface area contributed by atoms with Crippen LogP contribution in [0.5, 0.6) is 0 Å². The van der Waals surface area contributed by atoms with Gasteiger partial charge < -0.3 is 10.1 Å². The largest absolute Gasteiger partial charge is 0.465 e. The fourth-order valence-electron chi connectivity index (χ4n) is 2.84. The number of rotatable bonds is 7. The number of carbonyl (C=O) groups is 2. The van der Waals surface area contributed by atoms with Crippen LogP contribution in [0.15, 0.2) is 73.2 Å². The van der Waals surface area contributed by atoms with Gasteiger partial charge in [-0.3, -0.25) is 9.59 Å². The van der Waals surface area contributed by atoms with Gasteiger partial charge in [-0.2, -0.15) is 0 Å². The van der Waals surface area contributed by atoms with Crippen molar-refractivity contribution in [1.29, 1.82) is 0 Å². The molecule has 3 aromatic rings. The summed E-state index contributed by atoms with van der Waals surface area (Å²) >= 11 is 0. The summed E-state index contributed by atoms with van der Waals surface area (Å²) in [6.45, 7) is 1.92. The summed E-state index contributed by atoms with van der Waals surface area (Å²) in [4.78, 5) is 33.6. The number of carbonyl (C=O) groups excluding carboxylic acids is 2. The highest BCUT2D eigenvalue weighted by atomic mass is 16.5. The number of nitrogens with zero attached hydrogens (tertiary/aromatic N) is 2. The Balaban J connectivity index is 1.85.